The monoisotopic (exact) mass is 309 g/mol. The number of hydrogen-bond donors (Lipinski definition) is 2. The highest BCUT2D eigenvalue weighted by atomic mass is 19.2. The van der Waals surface area contributed by atoms with Crippen molar-refractivity contribution in [3.63, 3.8) is 0 Å². The van der Waals surface area contributed by atoms with E-state index in [1.54, 1.807) is 0 Å². The summed E-state index contributed by atoms with van der Waals surface area (Å²) < 4.78 is 67.2. The van der Waals surface area contributed by atoms with E-state index in [1.165, 1.54) is 7.05 Å². The van der Waals surface area contributed by atoms with Crippen LogP contribution in [0.5, 0.6) is 0 Å². The van der Waals surface area contributed by atoms with Crippen LogP contribution in [-0.2, 0) is 4.79 Å². The maximum Gasteiger partial charge on any atom is 0.243 e. The Morgan fingerprint density at radius 3 is 2.14 bits per heavy atom. The van der Waals surface area contributed by atoms with Crippen LogP contribution >= 0.6 is 0 Å². The van der Waals surface area contributed by atoms with Gasteiger partial charge in [-0.1, -0.05) is 0 Å². The molecule has 0 spiro atoms. The number of benzene rings is 1. The summed E-state index contributed by atoms with van der Waals surface area (Å²) in [5.41, 5.74) is -1.08. The minimum absolute atomic E-state index is 0.0270. The zero-order valence-electron chi connectivity index (χ0n) is 10.9. The highest BCUT2D eigenvalue weighted by Gasteiger charge is 2.35. The van der Waals surface area contributed by atoms with Gasteiger partial charge in [-0.25, -0.2) is 22.0 Å². The maximum atomic E-state index is 13.8. The second-order valence-corrected chi connectivity index (χ2v) is 4.45. The fraction of sp³-hybridized carbons (Fsp3) is 0.417. The SMILES string of the molecule is CNC(=O)C1CNCCN1c1c(F)c(F)c(F)c(F)c1F. The van der Waals surface area contributed by atoms with Crippen molar-refractivity contribution in [1.82, 2.24) is 10.6 Å². The normalized spacial score (nSPS) is 18.8. The molecule has 1 aromatic carbocycles. The Labute approximate surface area is 116 Å². The predicted molar refractivity (Wildman–Crippen MR) is 64.3 cm³/mol. The van der Waals surface area contributed by atoms with E-state index in [4.69, 9.17) is 0 Å². The maximum absolute atomic E-state index is 13.8. The van der Waals surface area contributed by atoms with Gasteiger partial charge in [-0.05, 0) is 0 Å². The minimum Gasteiger partial charge on any atom is -0.357 e. The lowest BCUT2D eigenvalue weighted by Gasteiger charge is -2.37. The number of halogens is 5. The van der Waals surface area contributed by atoms with Crippen LogP contribution in [0, 0.1) is 29.1 Å². The van der Waals surface area contributed by atoms with Crippen molar-refractivity contribution >= 4 is 11.6 Å². The predicted octanol–water partition coefficient (Wildman–Crippen LogP) is 0.906. The van der Waals surface area contributed by atoms with E-state index in [0.29, 0.717) is 0 Å². The second-order valence-electron chi connectivity index (χ2n) is 4.45. The van der Waals surface area contributed by atoms with Crippen molar-refractivity contribution < 1.29 is 26.7 Å². The van der Waals surface area contributed by atoms with E-state index in [-0.39, 0.29) is 19.6 Å². The van der Waals surface area contributed by atoms with Crippen LogP contribution in [0.4, 0.5) is 27.6 Å². The Morgan fingerprint density at radius 1 is 1.10 bits per heavy atom. The molecule has 116 valence electrons. The van der Waals surface area contributed by atoms with Gasteiger partial charge < -0.3 is 15.5 Å². The van der Waals surface area contributed by atoms with Gasteiger partial charge in [0.2, 0.25) is 11.7 Å². The lowest BCUT2D eigenvalue weighted by molar-refractivity contribution is -0.122. The first-order chi connectivity index (χ1) is 9.90. The summed E-state index contributed by atoms with van der Waals surface area (Å²) in [5, 5.41) is 5.11. The zero-order chi connectivity index (χ0) is 15.7. The van der Waals surface area contributed by atoms with Gasteiger partial charge >= 0.3 is 0 Å². The van der Waals surface area contributed by atoms with Crippen molar-refractivity contribution in [1.29, 1.82) is 0 Å². The molecule has 1 atom stereocenters. The number of carbonyl (C=O) groups excluding carboxylic acids is 1. The van der Waals surface area contributed by atoms with Gasteiger partial charge in [0.1, 0.15) is 11.7 Å². The molecule has 1 aliphatic heterocycles. The summed E-state index contributed by atoms with van der Waals surface area (Å²) in [5.74, 6) is -10.8. The highest BCUT2D eigenvalue weighted by molar-refractivity contribution is 5.85. The second kappa shape index (κ2) is 5.84. The molecule has 1 amide bonds. The largest absolute Gasteiger partial charge is 0.357 e. The minimum atomic E-state index is -2.22. The van der Waals surface area contributed by atoms with Crippen LogP contribution in [0.3, 0.4) is 0 Å². The van der Waals surface area contributed by atoms with Crippen LogP contribution in [0.2, 0.25) is 0 Å². The Morgan fingerprint density at radius 2 is 1.62 bits per heavy atom. The summed E-state index contributed by atoms with van der Waals surface area (Å²) in [6, 6.07) is -1.07. The number of nitrogens with zero attached hydrogens (tertiary/aromatic N) is 1. The first-order valence-corrected chi connectivity index (χ1v) is 6.10. The van der Waals surface area contributed by atoms with Crippen molar-refractivity contribution in [2.24, 2.45) is 0 Å². The van der Waals surface area contributed by atoms with Crippen molar-refractivity contribution in [3.8, 4) is 0 Å². The molecule has 21 heavy (non-hydrogen) atoms. The molecule has 1 aromatic rings. The molecule has 0 saturated carbocycles. The fourth-order valence-electron chi connectivity index (χ4n) is 2.22. The topological polar surface area (TPSA) is 44.4 Å². The summed E-state index contributed by atoms with van der Waals surface area (Å²) in [4.78, 5) is 12.6. The smallest absolute Gasteiger partial charge is 0.243 e. The summed E-state index contributed by atoms with van der Waals surface area (Å²) in [6.45, 7) is 0.197. The molecule has 4 nitrogen and oxygen atoms in total. The van der Waals surface area contributed by atoms with Crippen molar-refractivity contribution in [3.05, 3.63) is 29.1 Å². The van der Waals surface area contributed by atoms with Crippen LogP contribution in [0.1, 0.15) is 0 Å². The molecule has 2 rings (SSSR count). The summed E-state index contributed by atoms with van der Waals surface area (Å²) >= 11 is 0. The molecule has 1 fully saturated rings. The summed E-state index contributed by atoms with van der Waals surface area (Å²) in [6.07, 6.45) is 0. The van der Waals surface area contributed by atoms with Crippen LogP contribution in [0.25, 0.3) is 0 Å². The molecule has 0 radical (unpaired) electrons. The van der Waals surface area contributed by atoms with Crippen molar-refractivity contribution in [2.75, 3.05) is 31.6 Å². The molecule has 1 aliphatic rings. The molecule has 2 N–H and O–H groups in total. The standard InChI is InChI=1S/C12H12F5N3O/c1-18-12(21)5-4-19-2-3-20(5)11-9(16)7(14)6(13)8(15)10(11)17/h5,19H,2-4H2,1H3,(H,18,21). The molecule has 1 saturated heterocycles. The Bertz CT molecular complexity index is 551. The average Bonchev–Trinajstić information content (AvgIpc) is 2.51. The average molecular weight is 309 g/mol. The summed E-state index contributed by atoms with van der Waals surface area (Å²) in [7, 11) is 1.31. The van der Waals surface area contributed by atoms with Gasteiger partial charge in [0.15, 0.2) is 23.3 Å². The lowest BCUT2D eigenvalue weighted by atomic mass is 10.1. The van der Waals surface area contributed by atoms with E-state index in [9.17, 15) is 26.7 Å². The fourth-order valence-corrected chi connectivity index (χ4v) is 2.22. The van der Waals surface area contributed by atoms with Gasteiger partial charge in [0.05, 0.1) is 0 Å². The Kier molecular flexibility index (Phi) is 4.31. The number of piperazine rings is 1. The number of nitrogens with one attached hydrogen (secondary N) is 2. The number of likely N-dealkylation sites (N-methyl/N-ethyl adjacent to an activating group) is 1. The Balaban J connectivity index is 2.56. The van der Waals surface area contributed by atoms with Gasteiger partial charge in [-0.15, -0.1) is 0 Å². The van der Waals surface area contributed by atoms with E-state index >= 15 is 0 Å². The van der Waals surface area contributed by atoms with Gasteiger partial charge in [-0.3, -0.25) is 4.79 Å². The van der Waals surface area contributed by atoms with E-state index in [2.05, 4.69) is 10.6 Å². The zero-order valence-corrected chi connectivity index (χ0v) is 10.9. The number of hydrogen-bond acceptors (Lipinski definition) is 3. The Hall–Kier alpha value is -1.90. The third kappa shape index (κ3) is 2.53. The van der Waals surface area contributed by atoms with Crippen LogP contribution in [-0.4, -0.2) is 38.6 Å². The lowest BCUT2D eigenvalue weighted by Crippen LogP contribution is -2.58. The van der Waals surface area contributed by atoms with Gasteiger partial charge in [0, 0.05) is 26.7 Å². The molecule has 0 bridgehead atoms. The molecule has 9 heteroatoms. The van der Waals surface area contributed by atoms with E-state index in [1.807, 2.05) is 0 Å². The number of rotatable bonds is 2. The number of carbonyl (C=O) groups is 1. The van der Waals surface area contributed by atoms with Gasteiger partial charge in [-0.2, -0.15) is 0 Å². The molecule has 1 heterocycles. The van der Waals surface area contributed by atoms with Gasteiger partial charge in [0.25, 0.3) is 0 Å². The molecular weight excluding hydrogens is 297 g/mol. The van der Waals surface area contributed by atoms with Crippen LogP contribution in [0.15, 0.2) is 0 Å². The molecule has 0 aromatic heterocycles. The third-order valence-electron chi connectivity index (χ3n) is 3.27. The third-order valence-corrected chi connectivity index (χ3v) is 3.27. The number of anilines is 1. The molecular formula is C12H12F5N3O. The van der Waals surface area contributed by atoms with E-state index in [0.717, 1.165) is 4.90 Å². The quantitative estimate of drug-likeness (QED) is 0.485. The molecule has 0 aliphatic carbocycles. The van der Waals surface area contributed by atoms with Crippen LogP contribution < -0.4 is 15.5 Å². The highest BCUT2D eigenvalue weighted by Crippen LogP contribution is 2.31. The number of amides is 1. The first kappa shape index (κ1) is 15.5. The van der Waals surface area contributed by atoms with E-state index < -0.39 is 46.7 Å². The first-order valence-electron chi connectivity index (χ1n) is 6.10. The van der Waals surface area contributed by atoms with Crippen molar-refractivity contribution in [2.45, 2.75) is 6.04 Å². The molecule has 1 unspecified atom stereocenters.